The van der Waals surface area contributed by atoms with Gasteiger partial charge in [-0.2, -0.15) is 0 Å². The summed E-state index contributed by atoms with van der Waals surface area (Å²) in [5.74, 6) is -0.256. The molecule has 1 aromatic heterocycles. The van der Waals surface area contributed by atoms with Gasteiger partial charge in [0.15, 0.2) is 0 Å². The molecule has 0 saturated heterocycles. The van der Waals surface area contributed by atoms with Crippen LogP contribution in [-0.4, -0.2) is 34.6 Å². The quantitative estimate of drug-likeness (QED) is 0.495. The molecule has 128 valence electrons. The van der Waals surface area contributed by atoms with Gasteiger partial charge in [0.2, 0.25) is 5.91 Å². The van der Waals surface area contributed by atoms with Gasteiger partial charge >= 0.3 is 5.69 Å². The van der Waals surface area contributed by atoms with Crippen molar-refractivity contribution in [1.29, 1.82) is 0 Å². The zero-order valence-electron chi connectivity index (χ0n) is 13.1. The molecule has 1 heterocycles. The first-order valence-electron chi connectivity index (χ1n) is 8.05. The second-order valence-corrected chi connectivity index (χ2v) is 6.71. The lowest BCUT2D eigenvalue weighted by Gasteiger charge is -2.16. The van der Waals surface area contributed by atoms with Gasteiger partial charge in [0, 0.05) is 25.3 Å². The number of carbonyl (C=O) groups is 1. The van der Waals surface area contributed by atoms with Gasteiger partial charge in [0.25, 0.3) is 5.56 Å². The third-order valence-corrected chi connectivity index (χ3v) is 4.58. The maximum Gasteiger partial charge on any atom is 0.328 e. The molecule has 0 aromatic carbocycles. The van der Waals surface area contributed by atoms with Gasteiger partial charge in [-0.15, -0.1) is 0 Å². The van der Waals surface area contributed by atoms with Crippen LogP contribution in [0, 0.1) is 0 Å². The minimum absolute atomic E-state index is 0.113. The summed E-state index contributed by atoms with van der Waals surface area (Å²) in [7, 11) is 0. The summed E-state index contributed by atoms with van der Waals surface area (Å²) >= 11 is 3.04. The van der Waals surface area contributed by atoms with Crippen LogP contribution in [-0.2, 0) is 11.3 Å². The summed E-state index contributed by atoms with van der Waals surface area (Å²) in [5.41, 5.74) is -1.09. The number of H-pyrrole nitrogens is 1. The van der Waals surface area contributed by atoms with Crippen LogP contribution in [0.5, 0.6) is 0 Å². The van der Waals surface area contributed by atoms with Crippen LogP contribution in [0.4, 0.5) is 0 Å². The van der Waals surface area contributed by atoms with E-state index in [4.69, 9.17) is 0 Å². The lowest BCUT2D eigenvalue weighted by atomic mass is 10.1. The number of rotatable bonds is 6. The Morgan fingerprint density at radius 2 is 1.91 bits per heavy atom. The van der Waals surface area contributed by atoms with Crippen molar-refractivity contribution in [3.63, 3.8) is 0 Å². The van der Waals surface area contributed by atoms with E-state index < -0.39 is 11.2 Å². The first-order valence-corrected chi connectivity index (χ1v) is 8.85. The average molecular weight is 387 g/mol. The van der Waals surface area contributed by atoms with E-state index in [0.29, 0.717) is 12.6 Å². The summed E-state index contributed by atoms with van der Waals surface area (Å²) < 4.78 is 1.39. The van der Waals surface area contributed by atoms with Crippen LogP contribution in [0.3, 0.4) is 0 Å². The van der Waals surface area contributed by atoms with Crippen LogP contribution in [0.15, 0.2) is 20.3 Å². The predicted octanol–water partition coefficient (Wildman–Crippen LogP) is 0.728. The third-order valence-electron chi connectivity index (χ3n) is 4.02. The van der Waals surface area contributed by atoms with Crippen molar-refractivity contribution >= 4 is 21.8 Å². The van der Waals surface area contributed by atoms with E-state index in [0.717, 1.165) is 6.54 Å². The molecule has 1 amide bonds. The number of hydrogen-bond donors (Lipinski definition) is 3. The number of aromatic amines is 1. The van der Waals surface area contributed by atoms with Gasteiger partial charge in [0.1, 0.15) is 6.54 Å². The summed E-state index contributed by atoms with van der Waals surface area (Å²) in [6, 6.07) is 0.548. The standard InChI is InChI=1S/C15H23BrN4O3/c16-12-9-20(15(23)19-14(12)22)10-13(21)18-8-7-17-11-5-3-1-2-4-6-11/h9,11,17H,1-8,10H2,(H,18,21)(H,19,22,23). The molecule has 0 spiro atoms. The van der Waals surface area contributed by atoms with E-state index in [2.05, 4.69) is 31.5 Å². The normalized spacial score (nSPS) is 16.0. The maximum absolute atomic E-state index is 11.9. The fourth-order valence-electron chi connectivity index (χ4n) is 2.77. The van der Waals surface area contributed by atoms with Crippen molar-refractivity contribution in [2.75, 3.05) is 13.1 Å². The first-order chi connectivity index (χ1) is 11.1. The Hall–Kier alpha value is -1.41. The van der Waals surface area contributed by atoms with Gasteiger partial charge in [0.05, 0.1) is 4.47 Å². The molecule has 1 aliphatic carbocycles. The highest BCUT2D eigenvalue weighted by Gasteiger charge is 2.11. The van der Waals surface area contributed by atoms with Crippen molar-refractivity contribution in [2.24, 2.45) is 0 Å². The lowest BCUT2D eigenvalue weighted by Crippen LogP contribution is -2.40. The summed E-state index contributed by atoms with van der Waals surface area (Å²) in [5, 5.41) is 6.25. The zero-order valence-corrected chi connectivity index (χ0v) is 14.7. The van der Waals surface area contributed by atoms with Crippen LogP contribution in [0.2, 0.25) is 0 Å². The highest BCUT2D eigenvalue weighted by molar-refractivity contribution is 9.10. The molecule has 1 fully saturated rings. The molecule has 0 atom stereocenters. The van der Waals surface area contributed by atoms with E-state index in [1.165, 1.54) is 49.3 Å². The highest BCUT2D eigenvalue weighted by Crippen LogP contribution is 2.16. The van der Waals surface area contributed by atoms with Crippen LogP contribution < -0.4 is 21.9 Å². The number of carbonyl (C=O) groups excluding carboxylic acids is 1. The number of aromatic nitrogens is 2. The average Bonchev–Trinajstić information content (AvgIpc) is 2.78. The van der Waals surface area contributed by atoms with Crippen molar-refractivity contribution in [3.8, 4) is 0 Å². The fraction of sp³-hybridized carbons (Fsp3) is 0.667. The van der Waals surface area contributed by atoms with Crippen molar-refractivity contribution in [2.45, 2.75) is 51.1 Å². The minimum atomic E-state index is -0.593. The minimum Gasteiger partial charge on any atom is -0.353 e. The maximum atomic E-state index is 11.9. The largest absolute Gasteiger partial charge is 0.353 e. The van der Waals surface area contributed by atoms with Crippen LogP contribution >= 0.6 is 15.9 Å². The van der Waals surface area contributed by atoms with Crippen LogP contribution in [0.1, 0.15) is 38.5 Å². The highest BCUT2D eigenvalue weighted by atomic mass is 79.9. The van der Waals surface area contributed by atoms with Crippen LogP contribution in [0.25, 0.3) is 0 Å². The molecule has 1 saturated carbocycles. The Morgan fingerprint density at radius 1 is 1.22 bits per heavy atom. The topological polar surface area (TPSA) is 96.0 Å². The molecule has 7 nitrogen and oxygen atoms in total. The molecule has 23 heavy (non-hydrogen) atoms. The van der Waals surface area contributed by atoms with E-state index in [1.54, 1.807) is 0 Å². The number of amides is 1. The molecule has 0 aliphatic heterocycles. The second-order valence-electron chi connectivity index (χ2n) is 5.86. The smallest absolute Gasteiger partial charge is 0.328 e. The molecule has 3 N–H and O–H groups in total. The third kappa shape index (κ3) is 5.95. The molecular formula is C15H23BrN4O3. The molecule has 0 unspecified atom stereocenters. The van der Waals surface area contributed by atoms with E-state index in [9.17, 15) is 14.4 Å². The SMILES string of the molecule is O=C(Cn1cc(Br)c(=O)[nH]c1=O)NCCNC1CCCCCC1. The summed E-state index contributed by atoms with van der Waals surface area (Å²) in [4.78, 5) is 36.8. The predicted molar refractivity (Wildman–Crippen MR) is 91.5 cm³/mol. The molecule has 0 bridgehead atoms. The molecule has 1 aromatic rings. The molecule has 2 rings (SSSR count). The van der Waals surface area contributed by atoms with Gasteiger partial charge in [-0.3, -0.25) is 19.1 Å². The van der Waals surface area contributed by atoms with Gasteiger partial charge < -0.3 is 10.6 Å². The number of nitrogens with zero attached hydrogens (tertiary/aromatic N) is 1. The van der Waals surface area contributed by atoms with Gasteiger partial charge in [-0.25, -0.2) is 4.79 Å². The van der Waals surface area contributed by atoms with E-state index in [1.807, 2.05) is 0 Å². The molecule has 0 radical (unpaired) electrons. The van der Waals surface area contributed by atoms with E-state index in [-0.39, 0.29) is 16.9 Å². The van der Waals surface area contributed by atoms with E-state index >= 15 is 0 Å². The molecular weight excluding hydrogens is 364 g/mol. The van der Waals surface area contributed by atoms with Gasteiger partial charge in [-0.1, -0.05) is 25.7 Å². The Balaban J connectivity index is 1.72. The Kier molecular flexibility index (Phi) is 7.04. The molecule has 8 heteroatoms. The van der Waals surface area contributed by atoms with Gasteiger partial charge in [-0.05, 0) is 28.8 Å². The monoisotopic (exact) mass is 386 g/mol. The molecule has 1 aliphatic rings. The number of hydrogen-bond acceptors (Lipinski definition) is 4. The zero-order chi connectivity index (χ0) is 16.7. The Labute approximate surface area is 143 Å². The lowest BCUT2D eigenvalue weighted by molar-refractivity contribution is -0.121. The Bertz CT molecular complexity index is 632. The van der Waals surface area contributed by atoms with Crippen molar-refractivity contribution in [1.82, 2.24) is 20.2 Å². The summed E-state index contributed by atoms with van der Waals surface area (Å²) in [6.07, 6.45) is 8.91. The number of halogens is 1. The van der Waals surface area contributed by atoms with Crippen molar-refractivity contribution < 1.29 is 4.79 Å². The second kappa shape index (κ2) is 9.02. The number of nitrogens with one attached hydrogen (secondary N) is 3. The Morgan fingerprint density at radius 3 is 2.61 bits per heavy atom. The summed E-state index contributed by atoms with van der Waals surface area (Å²) in [6.45, 7) is 1.13. The first kappa shape index (κ1) is 17.9. The fourth-order valence-corrected chi connectivity index (χ4v) is 3.12. The van der Waals surface area contributed by atoms with Crippen molar-refractivity contribution in [3.05, 3.63) is 31.5 Å².